The summed E-state index contributed by atoms with van der Waals surface area (Å²) in [5.41, 5.74) is 1.12. The predicted octanol–water partition coefficient (Wildman–Crippen LogP) is 3.28. The topological polar surface area (TPSA) is 21.3 Å². The fourth-order valence-corrected chi connectivity index (χ4v) is 1.39. The van der Waals surface area contributed by atoms with Crippen LogP contribution in [0.3, 0.4) is 0 Å². The zero-order chi connectivity index (χ0) is 10.6. The average Bonchev–Trinajstić information content (AvgIpc) is 2.20. The van der Waals surface area contributed by atoms with E-state index in [1.807, 2.05) is 24.3 Å². The lowest BCUT2D eigenvalue weighted by Gasteiger charge is -2.20. The lowest BCUT2D eigenvalue weighted by molar-refractivity contribution is 0.106. The summed E-state index contributed by atoms with van der Waals surface area (Å²) in [4.78, 5) is 0. The molecule has 0 amide bonds. The highest BCUT2D eigenvalue weighted by molar-refractivity contribution is 9.10. The van der Waals surface area contributed by atoms with Crippen LogP contribution in [0.25, 0.3) is 0 Å². The summed E-state index contributed by atoms with van der Waals surface area (Å²) in [6.07, 6.45) is 0.207. The van der Waals surface area contributed by atoms with E-state index in [4.69, 9.17) is 4.74 Å². The normalized spacial score (nSPS) is 14.9. The van der Waals surface area contributed by atoms with Crippen LogP contribution < -0.4 is 5.32 Å². The fourth-order valence-electron chi connectivity index (χ4n) is 1.13. The Morgan fingerprint density at radius 1 is 1.21 bits per heavy atom. The van der Waals surface area contributed by atoms with E-state index in [2.05, 4.69) is 35.1 Å². The molecule has 0 heterocycles. The molecule has 0 spiro atoms. The molecular formula is C11H16BrNO. The van der Waals surface area contributed by atoms with E-state index in [1.165, 1.54) is 0 Å². The van der Waals surface area contributed by atoms with E-state index < -0.39 is 0 Å². The number of anilines is 1. The number of benzene rings is 1. The van der Waals surface area contributed by atoms with Gasteiger partial charge in [0.1, 0.15) is 0 Å². The molecule has 1 N–H and O–H groups in total. The Hall–Kier alpha value is -0.540. The van der Waals surface area contributed by atoms with Crippen molar-refractivity contribution in [2.24, 2.45) is 0 Å². The fraction of sp³-hybridized carbons (Fsp3) is 0.455. The summed E-state index contributed by atoms with van der Waals surface area (Å²) < 4.78 is 6.33. The van der Waals surface area contributed by atoms with Crippen molar-refractivity contribution in [2.75, 3.05) is 12.4 Å². The first-order chi connectivity index (χ1) is 6.63. The standard InChI is InChI=1S/C11H16BrNO/c1-8(9(2)14-3)13-11-6-4-10(12)5-7-11/h4-9,13H,1-3H3. The van der Waals surface area contributed by atoms with Gasteiger partial charge in [-0.2, -0.15) is 0 Å². The first kappa shape index (κ1) is 11.5. The summed E-state index contributed by atoms with van der Waals surface area (Å²) in [5.74, 6) is 0. The SMILES string of the molecule is COC(C)C(C)Nc1ccc(Br)cc1. The molecule has 0 saturated carbocycles. The molecule has 0 bridgehead atoms. The van der Waals surface area contributed by atoms with Gasteiger partial charge in [0.05, 0.1) is 6.10 Å². The molecule has 1 aromatic rings. The van der Waals surface area contributed by atoms with Crippen LogP contribution in [0.15, 0.2) is 28.7 Å². The van der Waals surface area contributed by atoms with Gasteiger partial charge < -0.3 is 10.1 Å². The van der Waals surface area contributed by atoms with Gasteiger partial charge in [-0.15, -0.1) is 0 Å². The van der Waals surface area contributed by atoms with E-state index in [-0.39, 0.29) is 6.10 Å². The molecule has 14 heavy (non-hydrogen) atoms. The second-order valence-electron chi connectivity index (χ2n) is 3.38. The third-order valence-electron chi connectivity index (χ3n) is 2.31. The quantitative estimate of drug-likeness (QED) is 0.894. The highest BCUT2D eigenvalue weighted by atomic mass is 79.9. The first-order valence-corrected chi connectivity index (χ1v) is 5.47. The van der Waals surface area contributed by atoms with Crippen molar-refractivity contribution in [3.8, 4) is 0 Å². The Morgan fingerprint density at radius 2 is 1.79 bits per heavy atom. The molecule has 0 saturated heterocycles. The number of hydrogen-bond acceptors (Lipinski definition) is 2. The predicted molar refractivity (Wildman–Crippen MR) is 63.7 cm³/mol. The maximum Gasteiger partial charge on any atom is 0.0741 e. The van der Waals surface area contributed by atoms with Crippen LogP contribution in [-0.4, -0.2) is 19.3 Å². The number of ether oxygens (including phenoxy) is 1. The highest BCUT2D eigenvalue weighted by Gasteiger charge is 2.09. The molecule has 0 aliphatic carbocycles. The van der Waals surface area contributed by atoms with Crippen LogP contribution in [0.4, 0.5) is 5.69 Å². The van der Waals surface area contributed by atoms with Crippen LogP contribution in [0.2, 0.25) is 0 Å². The smallest absolute Gasteiger partial charge is 0.0741 e. The second kappa shape index (κ2) is 5.37. The van der Waals surface area contributed by atoms with Gasteiger partial charge in [0.15, 0.2) is 0 Å². The summed E-state index contributed by atoms with van der Waals surface area (Å²) in [5, 5.41) is 3.37. The second-order valence-corrected chi connectivity index (χ2v) is 4.30. The van der Waals surface area contributed by atoms with Gasteiger partial charge in [0.25, 0.3) is 0 Å². The molecule has 78 valence electrons. The third kappa shape index (κ3) is 3.31. The lowest BCUT2D eigenvalue weighted by Crippen LogP contribution is -2.29. The van der Waals surface area contributed by atoms with Gasteiger partial charge >= 0.3 is 0 Å². The molecule has 0 aliphatic heterocycles. The van der Waals surface area contributed by atoms with Gasteiger partial charge in [-0.25, -0.2) is 0 Å². The van der Waals surface area contributed by atoms with Crippen molar-refractivity contribution in [2.45, 2.75) is 26.0 Å². The molecule has 1 rings (SSSR count). The van der Waals surface area contributed by atoms with Gasteiger partial charge in [0.2, 0.25) is 0 Å². The molecule has 0 radical (unpaired) electrons. The maximum atomic E-state index is 5.24. The maximum absolute atomic E-state index is 5.24. The summed E-state index contributed by atoms with van der Waals surface area (Å²) in [6.45, 7) is 4.16. The van der Waals surface area contributed by atoms with E-state index in [0.29, 0.717) is 6.04 Å². The van der Waals surface area contributed by atoms with Crippen LogP contribution in [-0.2, 0) is 4.74 Å². The number of nitrogens with one attached hydrogen (secondary N) is 1. The number of hydrogen-bond donors (Lipinski definition) is 1. The van der Waals surface area contributed by atoms with E-state index in [9.17, 15) is 0 Å². The van der Waals surface area contributed by atoms with Crippen LogP contribution in [0.1, 0.15) is 13.8 Å². The molecule has 2 unspecified atom stereocenters. The van der Waals surface area contributed by atoms with Gasteiger partial charge in [-0.05, 0) is 38.1 Å². The van der Waals surface area contributed by atoms with Crippen molar-refractivity contribution in [1.82, 2.24) is 0 Å². The van der Waals surface area contributed by atoms with Crippen LogP contribution in [0, 0.1) is 0 Å². The van der Waals surface area contributed by atoms with Crippen molar-refractivity contribution < 1.29 is 4.74 Å². The molecule has 3 heteroatoms. The summed E-state index contributed by atoms with van der Waals surface area (Å²) in [6, 6.07) is 8.44. The Balaban J connectivity index is 2.56. The molecule has 0 aliphatic rings. The van der Waals surface area contributed by atoms with E-state index >= 15 is 0 Å². The highest BCUT2D eigenvalue weighted by Crippen LogP contribution is 2.15. The van der Waals surface area contributed by atoms with Gasteiger partial charge in [-0.1, -0.05) is 15.9 Å². The van der Waals surface area contributed by atoms with Crippen molar-refractivity contribution >= 4 is 21.6 Å². The Morgan fingerprint density at radius 3 is 2.29 bits per heavy atom. The van der Waals surface area contributed by atoms with E-state index in [1.54, 1.807) is 7.11 Å². The molecular weight excluding hydrogens is 242 g/mol. The zero-order valence-electron chi connectivity index (χ0n) is 8.75. The minimum absolute atomic E-state index is 0.207. The molecule has 2 nitrogen and oxygen atoms in total. The summed E-state index contributed by atoms with van der Waals surface area (Å²) in [7, 11) is 1.73. The first-order valence-electron chi connectivity index (χ1n) is 4.68. The molecule has 1 aromatic carbocycles. The molecule has 0 aromatic heterocycles. The average molecular weight is 258 g/mol. The largest absolute Gasteiger partial charge is 0.380 e. The third-order valence-corrected chi connectivity index (χ3v) is 2.84. The van der Waals surface area contributed by atoms with Gasteiger partial charge in [-0.3, -0.25) is 0 Å². The zero-order valence-corrected chi connectivity index (χ0v) is 10.3. The Labute approximate surface area is 93.8 Å². The van der Waals surface area contributed by atoms with Gasteiger partial charge in [0, 0.05) is 23.3 Å². The molecule has 2 atom stereocenters. The number of rotatable bonds is 4. The van der Waals surface area contributed by atoms with E-state index in [0.717, 1.165) is 10.2 Å². The van der Waals surface area contributed by atoms with Crippen LogP contribution >= 0.6 is 15.9 Å². The lowest BCUT2D eigenvalue weighted by atomic mass is 10.2. The number of methoxy groups -OCH3 is 1. The summed E-state index contributed by atoms with van der Waals surface area (Å²) >= 11 is 3.40. The van der Waals surface area contributed by atoms with Crippen molar-refractivity contribution in [3.63, 3.8) is 0 Å². The minimum atomic E-state index is 0.207. The minimum Gasteiger partial charge on any atom is -0.380 e. The van der Waals surface area contributed by atoms with Crippen molar-refractivity contribution in [1.29, 1.82) is 0 Å². The number of halogens is 1. The Kier molecular flexibility index (Phi) is 4.42. The van der Waals surface area contributed by atoms with Crippen molar-refractivity contribution in [3.05, 3.63) is 28.7 Å². The Bertz CT molecular complexity index is 273. The monoisotopic (exact) mass is 257 g/mol. The van der Waals surface area contributed by atoms with Crippen LogP contribution in [0.5, 0.6) is 0 Å². The molecule has 0 fully saturated rings.